The van der Waals surface area contributed by atoms with Gasteiger partial charge in [-0.2, -0.15) is 0 Å². The summed E-state index contributed by atoms with van der Waals surface area (Å²) in [5.41, 5.74) is 8.53. The predicted octanol–water partition coefficient (Wildman–Crippen LogP) is 1.86. The molecule has 4 nitrogen and oxygen atoms in total. The molecule has 2 N–H and O–H groups in total. The van der Waals surface area contributed by atoms with Gasteiger partial charge in [-0.15, -0.1) is 0 Å². The van der Waals surface area contributed by atoms with Crippen LogP contribution in [0.1, 0.15) is 30.0 Å². The number of hydrogen-bond donors (Lipinski definition) is 1. The molecule has 0 aromatic heterocycles. The molecule has 0 amide bonds. The summed E-state index contributed by atoms with van der Waals surface area (Å²) in [6, 6.07) is 9.59. The van der Waals surface area contributed by atoms with Crippen molar-refractivity contribution >= 4 is 0 Å². The molecular formula is C17H29N3O. The van der Waals surface area contributed by atoms with Crippen molar-refractivity contribution in [3.8, 4) is 0 Å². The summed E-state index contributed by atoms with van der Waals surface area (Å²) in [4.78, 5) is 4.86. The Balaban J connectivity index is 2.00. The second kappa shape index (κ2) is 7.90. The van der Waals surface area contributed by atoms with Crippen LogP contribution in [0, 0.1) is 0 Å². The van der Waals surface area contributed by atoms with Crippen molar-refractivity contribution in [3.63, 3.8) is 0 Å². The molecule has 1 heterocycles. The molecular weight excluding hydrogens is 262 g/mol. The average Bonchev–Trinajstić information content (AvgIpc) is 2.87. The number of methoxy groups -OCH3 is 1. The second-order valence-electron chi connectivity index (χ2n) is 6.14. The van der Waals surface area contributed by atoms with Crippen LogP contribution in [0.2, 0.25) is 0 Å². The molecule has 2 atom stereocenters. The Labute approximate surface area is 128 Å². The summed E-state index contributed by atoms with van der Waals surface area (Å²) in [6.45, 7) is 3.61. The van der Waals surface area contributed by atoms with Crippen LogP contribution in [0.15, 0.2) is 24.3 Å². The molecule has 21 heavy (non-hydrogen) atoms. The van der Waals surface area contributed by atoms with Crippen molar-refractivity contribution in [2.45, 2.75) is 31.5 Å². The van der Waals surface area contributed by atoms with Crippen molar-refractivity contribution in [1.29, 1.82) is 0 Å². The van der Waals surface area contributed by atoms with E-state index in [9.17, 15) is 0 Å². The van der Waals surface area contributed by atoms with E-state index in [1.54, 1.807) is 7.11 Å². The number of hydrogen-bond acceptors (Lipinski definition) is 4. The minimum atomic E-state index is 0.288. The molecule has 0 aliphatic carbocycles. The van der Waals surface area contributed by atoms with E-state index in [1.807, 2.05) is 0 Å². The maximum absolute atomic E-state index is 6.03. The van der Waals surface area contributed by atoms with Gasteiger partial charge in [-0.3, -0.25) is 4.90 Å². The van der Waals surface area contributed by atoms with Gasteiger partial charge in [0.2, 0.25) is 0 Å². The SMILES string of the molecule is COCc1ccc(C(CN)N(C)CC2CCCN2C)cc1. The zero-order valence-corrected chi connectivity index (χ0v) is 13.6. The third kappa shape index (κ3) is 4.27. The highest BCUT2D eigenvalue weighted by atomic mass is 16.5. The van der Waals surface area contributed by atoms with Gasteiger partial charge in [0.1, 0.15) is 0 Å². The van der Waals surface area contributed by atoms with Crippen molar-refractivity contribution in [2.24, 2.45) is 5.73 Å². The second-order valence-corrected chi connectivity index (χ2v) is 6.14. The van der Waals surface area contributed by atoms with E-state index >= 15 is 0 Å². The van der Waals surface area contributed by atoms with Crippen LogP contribution in [-0.2, 0) is 11.3 Å². The van der Waals surface area contributed by atoms with Gasteiger partial charge in [-0.05, 0) is 44.6 Å². The molecule has 0 radical (unpaired) electrons. The van der Waals surface area contributed by atoms with Crippen LogP contribution < -0.4 is 5.73 Å². The fourth-order valence-corrected chi connectivity index (χ4v) is 3.24. The first-order chi connectivity index (χ1) is 10.2. The van der Waals surface area contributed by atoms with E-state index in [2.05, 4.69) is 48.2 Å². The number of likely N-dealkylation sites (tertiary alicyclic amines) is 1. The first-order valence-corrected chi connectivity index (χ1v) is 7.84. The smallest absolute Gasteiger partial charge is 0.0713 e. The third-order valence-corrected chi connectivity index (χ3v) is 4.60. The van der Waals surface area contributed by atoms with Gasteiger partial charge in [0.25, 0.3) is 0 Å². The van der Waals surface area contributed by atoms with Crippen molar-refractivity contribution in [3.05, 3.63) is 35.4 Å². The van der Waals surface area contributed by atoms with E-state index in [4.69, 9.17) is 10.5 Å². The van der Waals surface area contributed by atoms with E-state index in [1.165, 1.54) is 30.5 Å². The molecule has 1 aliphatic heterocycles. The first-order valence-electron chi connectivity index (χ1n) is 7.84. The highest BCUT2D eigenvalue weighted by molar-refractivity contribution is 5.25. The summed E-state index contributed by atoms with van der Waals surface area (Å²) in [7, 11) is 6.14. The van der Waals surface area contributed by atoms with Crippen LogP contribution in [-0.4, -0.2) is 56.7 Å². The molecule has 1 aliphatic rings. The molecule has 0 saturated carbocycles. The van der Waals surface area contributed by atoms with Crippen molar-refractivity contribution in [1.82, 2.24) is 9.80 Å². The predicted molar refractivity (Wildman–Crippen MR) is 87.2 cm³/mol. The molecule has 2 rings (SSSR count). The number of ether oxygens (including phenoxy) is 1. The van der Waals surface area contributed by atoms with Gasteiger partial charge in [0.15, 0.2) is 0 Å². The molecule has 1 saturated heterocycles. The topological polar surface area (TPSA) is 41.7 Å². The normalized spacial score (nSPS) is 21.1. The van der Waals surface area contributed by atoms with Gasteiger partial charge in [-0.1, -0.05) is 24.3 Å². The largest absolute Gasteiger partial charge is 0.380 e. The van der Waals surface area contributed by atoms with Crippen LogP contribution in [0.3, 0.4) is 0 Å². The van der Waals surface area contributed by atoms with Crippen molar-refractivity contribution in [2.75, 3.05) is 40.8 Å². The Morgan fingerprint density at radius 3 is 2.62 bits per heavy atom. The molecule has 1 aromatic rings. The van der Waals surface area contributed by atoms with Crippen LogP contribution >= 0.6 is 0 Å². The highest BCUT2D eigenvalue weighted by Gasteiger charge is 2.25. The molecule has 118 valence electrons. The summed E-state index contributed by atoms with van der Waals surface area (Å²) in [5.74, 6) is 0. The van der Waals surface area contributed by atoms with Gasteiger partial charge in [0.05, 0.1) is 6.61 Å². The minimum absolute atomic E-state index is 0.288. The lowest BCUT2D eigenvalue weighted by Gasteiger charge is -2.32. The quantitative estimate of drug-likeness (QED) is 0.832. The zero-order chi connectivity index (χ0) is 15.2. The molecule has 0 spiro atoms. The Morgan fingerprint density at radius 2 is 2.10 bits per heavy atom. The number of likely N-dealkylation sites (N-methyl/N-ethyl adjacent to an activating group) is 2. The highest BCUT2D eigenvalue weighted by Crippen LogP contribution is 2.22. The van der Waals surface area contributed by atoms with Gasteiger partial charge in [0, 0.05) is 32.3 Å². The first kappa shape index (κ1) is 16.4. The fraction of sp³-hybridized carbons (Fsp3) is 0.647. The molecule has 1 aromatic carbocycles. The molecule has 1 fully saturated rings. The minimum Gasteiger partial charge on any atom is -0.380 e. The summed E-state index contributed by atoms with van der Waals surface area (Å²) in [5, 5.41) is 0. The number of benzene rings is 1. The van der Waals surface area contributed by atoms with Gasteiger partial charge >= 0.3 is 0 Å². The lowest BCUT2D eigenvalue weighted by atomic mass is 10.0. The van der Waals surface area contributed by atoms with E-state index in [0.717, 1.165) is 6.54 Å². The van der Waals surface area contributed by atoms with Crippen LogP contribution in [0.4, 0.5) is 0 Å². The van der Waals surface area contributed by atoms with Crippen LogP contribution in [0.25, 0.3) is 0 Å². The Hall–Kier alpha value is -0.940. The molecule has 4 heteroatoms. The molecule has 0 bridgehead atoms. The summed E-state index contributed by atoms with van der Waals surface area (Å²) in [6.07, 6.45) is 2.61. The summed E-state index contributed by atoms with van der Waals surface area (Å²) >= 11 is 0. The lowest BCUT2D eigenvalue weighted by Crippen LogP contribution is -2.40. The zero-order valence-electron chi connectivity index (χ0n) is 13.6. The summed E-state index contributed by atoms with van der Waals surface area (Å²) < 4.78 is 5.16. The maximum Gasteiger partial charge on any atom is 0.0713 e. The number of nitrogens with two attached hydrogens (primary N) is 1. The van der Waals surface area contributed by atoms with E-state index in [-0.39, 0.29) is 6.04 Å². The Bertz CT molecular complexity index is 421. The number of rotatable bonds is 7. The Kier molecular flexibility index (Phi) is 6.18. The fourth-order valence-electron chi connectivity index (χ4n) is 3.24. The Morgan fingerprint density at radius 1 is 1.38 bits per heavy atom. The number of nitrogens with zero attached hydrogens (tertiary/aromatic N) is 2. The molecule has 2 unspecified atom stereocenters. The van der Waals surface area contributed by atoms with Crippen molar-refractivity contribution < 1.29 is 4.74 Å². The van der Waals surface area contributed by atoms with Crippen LogP contribution in [0.5, 0.6) is 0 Å². The van der Waals surface area contributed by atoms with E-state index < -0.39 is 0 Å². The van der Waals surface area contributed by atoms with E-state index in [0.29, 0.717) is 19.2 Å². The lowest BCUT2D eigenvalue weighted by molar-refractivity contribution is 0.179. The third-order valence-electron chi connectivity index (χ3n) is 4.60. The standard InChI is InChI=1S/C17H29N3O/c1-19-10-4-5-16(19)12-20(2)17(11-18)15-8-6-14(7-9-15)13-21-3/h6-9,16-17H,4-5,10-13,18H2,1-3H3. The monoisotopic (exact) mass is 291 g/mol. The average molecular weight is 291 g/mol. The van der Waals surface area contributed by atoms with Gasteiger partial charge < -0.3 is 15.4 Å². The maximum atomic E-state index is 6.03. The van der Waals surface area contributed by atoms with Gasteiger partial charge in [-0.25, -0.2) is 0 Å².